The zero-order valence-corrected chi connectivity index (χ0v) is 17.0. The fourth-order valence-electron chi connectivity index (χ4n) is 3.72. The predicted octanol–water partition coefficient (Wildman–Crippen LogP) is 5.29. The molecule has 0 spiro atoms. The van der Waals surface area contributed by atoms with Gasteiger partial charge in [-0.15, -0.1) is 0 Å². The van der Waals surface area contributed by atoms with Crippen LogP contribution < -0.4 is 10.2 Å². The van der Waals surface area contributed by atoms with Gasteiger partial charge in [-0.1, -0.05) is 6.07 Å². The zero-order chi connectivity index (χ0) is 21.3. The summed E-state index contributed by atoms with van der Waals surface area (Å²) in [5.74, 6) is -0.712. The van der Waals surface area contributed by atoms with E-state index in [2.05, 4.69) is 5.32 Å². The highest BCUT2D eigenvalue weighted by atomic mass is 19.1. The third kappa shape index (κ3) is 3.96. The Kier molecular flexibility index (Phi) is 5.36. The smallest absolute Gasteiger partial charge is 0.258 e. The largest absolute Gasteiger partial charge is 0.322 e. The summed E-state index contributed by atoms with van der Waals surface area (Å²) in [5.41, 5.74) is 5.82. The molecule has 0 aliphatic carbocycles. The summed E-state index contributed by atoms with van der Waals surface area (Å²) in [4.78, 5) is 27.4. The van der Waals surface area contributed by atoms with Crippen LogP contribution >= 0.6 is 0 Å². The molecule has 5 heteroatoms. The van der Waals surface area contributed by atoms with Gasteiger partial charge in [0.25, 0.3) is 11.8 Å². The van der Waals surface area contributed by atoms with Crippen LogP contribution in [0.2, 0.25) is 0 Å². The summed E-state index contributed by atoms with van der Waals surface area (Å²) in [6.07, 6.45) is 1.61. The van der Waals surface area contributed by atoms with Gasteiger partial charge in [-0.05, 0) is 98.0 Å². The summed E-state index contributed by atoms with van der Waals surface area (Å²) in [7, 11) is 0. The minimum Gasteiger partial charge on any atom is -0.322 e. The lowest BCUT2D eigenvalue weighted by atomic mass is 9.98. The van der Waals surface area contributed by atoms with Gasteiger partial charge in [0.2, 0.25) is 0 Å². The number of nitrogens with zero attached hydrogens (tertiary/aromatic N) is 1. The molecule has 1 aliphatic heterocycles. The van der Waals surface area contributed by atoms with Crippen LogP contribution in [0.25, 0.3) is 0 Å². The average Bonchev–Trinajstić information content (AvgIpc) is 2.75. The minimum absolute atomic E-state index is 0.164. The molecule has 3 aromatic carbocycles. The fourth-order valence-corrected chi connectivity index (χ4v) is 3.72. The lowest BCUT2D eigenvalue weighted by Gasteiger charge is -2.30. The van der Waals surface area contributed by atoms with Crippen molar-refractivity contribution < 1.29 is 14.0 Å². The lowest BCUT2D eigenvalue weighted by molar-refractivity contribution is 0.0984. The molecule has 1 N–H and O–H groups in total. The van der Waals surface area contributed by atoms with Crippen molar-refractivity contribution in [2.45, 2.75) is 26.7 Å². The maximum atomic E-state index is 13.2. The number of hydrogen-bond donors (Lipinski definition) is 1. The van der Waals surface area contributed by atoms with E-state index in [0.29, 0.717) is 17.7 Å². The van der Waals surface area contributed by atoms with E-state index in [0.717, 1.165) is 35.3 Å². The van der Waals surface area contributed by atoms with Crippen LogP contribution in [-0.2, 0) is 6.42 Å². The highest BCUT2D eigenvalue weighted by Gasteiger charge is 2.24. The van der Waals surface area contributed by atoms with Crippen molar-refractivity contribution in [3.8, 4) is 0 Å². The molecule has 30 heavy (non-hydrogen) atoms. The van der Waals surface area contributed by atoms with Crippen LogP contribution in [-0.4, -0.2) is 18.4 Å². The first-order chi connectivity index (χ1) is 14.4. The van der Waals surface area contributed by atoms with Crippen molar-refractivity contribution >= 4 is 23.2 Å². The van der Waals surface area contributed by atoms with Gasteiger partial charge in [0.05, 0.1) is 0 Å². The average molecular weight is 402 g/mol. The SMILES string of the molecule is Cc1ccc(NC(=O)c2ccc3c(c2)CCCN3C(=O)c2ccc(F)cc2)cc1C. The number of aryl methyl sites for hydroxylation is 3. The molecular formula is C25H23FN2O2. The molecule has 0 atom stereocenters. The van der Waals surface area contributed by atoms with Crippen LogP contribution in [0.15, 0.2) is 60.7 Å². The number of halogens is 1. The van der Waals surface area contributed by atoms with Gasteiger partial charge in [0.15, 0.2) is 0 Å². The molecule has 1 aliphatic rings. The standard InChI is InChI=1S/C25H23FN2O2/c1-16-5-11-22(14-17(16)2)27-24(29)20-8-12-23-19(15-20)4-3-13-28(23)25(30)18-6-9-21(26)10-7-18/h5-12,14-15H,3-4,13H2,1-2H3,(H,27,29). The second-order valence-corrected chi connectivity index (χ2v) is 7.66. The fraction of sp³-hybridized carbons (Fsp3) is 0.200. The molecule has 0 saturated carbocycles. The number of hydrogen-bond acceptors (Lipinski definition) is 2. The topological polar surface area (TPSA) is 49.4 Å². The third-order valence-electron chi connectivity index (χ3n) is 5.56. The Morgan fingerprint density at radius 3 is 2.37 bits per heavy atom. The van der Waals surface area contributed by atoms with Crippen molar-refractivity contribution in [1.29, 1.82) is 0 Å². The first kappa shape index (κ1) is 19.8. The summed E-state index contributed by atoms with van der Waals surface area (Å²) in [6, 6.07) is 16.8. The van der Waals surface area contributed by atoms with E-state index >= 15 is 0 Å². The summed E-state index contributed by atoms with van der Waals surface area (Å²) < 4.78 is 13.2. The Bertz CT molecular complexity index is 1120. The number of benzene rings is 3. The molecule has 0 unspecified atom stereocenters. The zero-order valence-electron chi connectivity index (χ0n) is 17.0. The Labute approximate surface area is 175 Å². The van der Waals surface area contributed by atoms with E-state index in [1.165, 1.54) is 29.8 Å². The molecule has 4 nitrogen and oxygen atoms in total. The molecule has 4 rings (SSSR count). The van der Waals surface area contributed by atoms with Crippen molar-refractivity contribution in [1.82, 2.24) is 0 Å². The number of carbonyl (C=O) groups excluding carboxylic acids is 2. The monoisotopic (exact) mass is 402 g/mol. The molecule has 152 valence electrons. The van der Waals surface area contributed by atoms with E-state index in [1.807, 2.05) is 44.2 Å². The Balaban J connectivity index is 1.56. The molecule has 1 heterocycles. The maximum absolute atomic E-state index is 13.2. The normalized spacial score (nSPS) is 13.0. The summed E-state index contributed by atoms with van der Waals surface area (Å²) in [6.45, 7) is 4.64. The first-order valence-electron chi connectivity index (χ1n) is 10.0. The van der Waals surface area contributed by atoms with Gasteiger partial charge < -0.3 is 10.2 Å². The van der Waals surface area contributed by atoms with E-state index in [1.54, 1.807) is 11.0 Å². The number of anilines is 2. The quantitative estimate of drug-likeness (QED) is 0.647. The van der Waals surface area contributed by atoms with E-state index in [9.17, 15) is 14.0 Å². The van der Waals surface area contributed by atoms with E-state index in [-0.39, 0.29) is 17.6 Å². The summed E-state index contributed by atoms with van der Waals surface area (Å²) in [5, 5.41) is 2.94. The Morgan fingerprint density at radius 1 is 0.900 bits per heavy atom. The van der Waals surface area contributed by atoms with Crippen LogP contribution in [0.1, 0.15) is 43.8 Å². The van der Waals surface area contributed by atoms with Gasteiger partial charge in [0.1, 0.15) is 5.82 Å². The Morgan fingerprint density at radius 2 is 1.63 bits per heavy atom. The molecule has 0 bridgehead atoms. The number of fused-ring (bicyclic) bond motifs is 1. The number of amides is 2. The number of rotatable bonds is 3. The van der Waals surface area contributed by atoms with Gasteiger partial charge >= 0.3 is 0 Å². The lowest BCUT2D eigenvalue weighted by Crippen LogP contribution is -2.35. The van der Waals surface area contributed by atoms with Gasteiger partial charge in [-0.25, -0.2) is 4.39 Å². The second-order valence-electron chi connectivity index (χ2n) is 7.66. The second kappa shape index (κ2) is 8.11. The number of carbonyl (C=O) groups is 2. The molecule has 0 saturated heterocycles. The third-order valence-corrected chi connectivity index (χ3v) is 5.56. The van der Waals surface area contributed by atoms with Crippen molar-refractivity contribution in [3.05, 3.63) is 94.3 Å². The molecule has 0 radical (unpaired) electrons. The van der Waals surface area contributed by atoms with Crippen molar-refractivity contribution in [3.63, 3.8) is 0 Å². The van der Waals surface area contributed by atoms with Gasteiger partial charge in [-0.3, -0.25) is 9.59 Å². The van der Waals surface area contributed by atoms with E-state index < -0.39 is 0 Å². The number of nitrogens with one attached hydrogen (secondary N) is 1. The van der Waals surface area contributed by atoms with Crippen LogP contribution in [0.3, 0.4) is 0 Å². The van der Waals surface area contributed by atoms with Gasteiger partial charge in [-0.2, -0.15) is 0 Å². The Hall–Kier alpha value is -3.47. The molecule has 0 aromatic heterocycles. The molecule has 3 aromatic rings. The highest BCUT2D eigenvalue weighted by molar-refractivity contribution is 6.08. The summed E-state index contributed by atoms with van der Waals surface area (Å²) >= 11 is 0. The van der Waals surface area contributed by atoms with Crippen LogP contribution in [0.5, 0.6) is 0 Å². The van der Waals surface area contributed by atoms with Crippen molar-refractivity contribution in [2.75, 3.05) is 16.8 Å². The molecular weight excluding hydrogens is 379 g/mol. The molecule has 0 fully saturated rings. The minimum atomic E-state index is -0.370. The van der Waals surface area contributed by atoms with Crippen molar-refractivity contribution in [2.24, 2.45) is 0 Å². The highest BCUT2D eigenvalue weighted by Crippen LogP contribution is 2.30. The van der Waals surface area contributed by atoms with Gasteiger partial charge in [0, 0.05) is 29.0 Å². The first-order valence-corrected chi connectivity index (χ1v) is 10.0. The van der Waals surface area contributed by atoms with E-state index in [4.69, 9.17) is 0 Å². The maximum Gasteiger partial charge on any atom is 0.258 e. The van der Waals surface area contributed by atoms with Crippen LogP contribution in [0, 0.1) is 19.7 Å². The molecule has 2 amide bonds. The van der Waals surface area contributed by atoms with Crippen LogP contribution in [0.4, 0.5) is 15.8 Å². The predicted molar refractivity (Wildman–Crippen MR) is 117 cm³/mol.